The van der Waals surface area contributed by atoms with Crippen molar-refractivity contribution in [3.8, 4) is 5.75 Å². The summed E-state index contributed by atoms with van der Waals surface area (Å²) in [6.45, 7) is 0. The fraction of sp³-hybridized carbons (Fsp3) is 0.0556. The Bertz CT molecular complexity index is 884. The minimum atomic E-state index is -0.342. The lowest BCUT2D eigenvalue weighted by molar-refractivity contribution is 0.102. The first-order chi connectivity index (χ1) is 12.2. The van der Waals surface area contributed by atoms with E-state index < -0.39 is 0 Å². The van der Waals surface area contributed by atoms with Gasteiger partial charge in [0.05, 0.1) is 12.8 Å². The maximum Gasteiger partial charge on any atom is 0.274 e. The number of halogens is 1. The van der Waals surface area contributed by atoms with Gasteiger partial charge >= 0.3 is 0 Å². The number of hydrogen-bond donors (Lipinski definition) is 2. The topological polar surface area (TPSA) is 76.1 Å². The van der Waals surface area contributed by atoms with Crippen LogP contribution in [0.1, 0.15) is 10.5 Å². The molecule has 126 valence electrons. The Morgan fingerprint density at radius 3 is 2.60 bits per heavy atom. The number of ether oxygens (including phenoxy) is 1. The normalized spacial score (nSPS) is 10.2. The Morgan fingerprint density at radius 2 is 1.84 bits per heavy atom. The molecular weight excluding hydrogens is 384 g/mol. The second-order valence-electron chi connectivity index (χ2n) is 5.07. The predicted molar refractivity (Wildman–Crippen MR) is 100 cm³/mol. The number of nitrogens with one attached hydrogen (secondary N) is 2. The molecule has 0 unspecified atom stereocenters. The van der Waals surface area contributed by atoms with E-state index in [0.717, 1.165) is 10.2 Å². The molecule has 7 heteroatoms. The second-order valence-corrected chi connectivity index (χ2v) is 5.99. The van der Waals surface area contributed by atoms with E-state index in [4.69, 9.17) is 4.74 Å². The van der Waals surface area contributed by atoms with Crippen LogP contribution in [0.5, 0.6) is 5.75 Å². The number of para-hydroxylation sites is 2. The maximum absolute atomic E-state index is 12.4. The zero-order chi connectivity index (χ0) is 17.6. The summed E-state index contributed by atoms with van der Waals surface area (Å²) in [5, 5.41) is 5.92. The van der Waals surface area contributed by atoms with Crippen molar-refractivity contribution in [3.05, 3.63) is 71.1 Å². The van der Waals surface area contributed by atoms with Gasteiger partial charge in [-0.3, -0.25) is 4.79 Å². The summed E-state index contributed by atoms with van der Waals surface area (Å²) in [6.07, 6.45) is 1.35. The van der Waals surface area contributed by atoms with Crippen LogP contribution in [0.25, 0.3) is 0 Å². The molecule has 0 spiro atoms. The Hall–Kier alpha value is -2.93. The standard InChI is InChI=1S/C18H15BrN4O2/c1-25-16-5-3-2-4-14(16)23-18(24)15-10-17(21-11-20-15)22-13-8-6-12(19)7-9-13/h2-11H,1H3,(H,23,24)(H,20,21,22). The molecule has 2 N–H and O–H groups in total. The number of nitrogens with zero attached hydrogens (tertiary/aromatic N) is 2. The van der Waals surface area contributed by atoms with Gasteiger partial charge in [-0.1, -0.05) is 28.1 Å². The molecule has 0 saturated carbocycles. The fourth-order valence-electron chi connectivity index (χ4n) is 2.17. The summed E-state index contributed by atoms with van der Waals surface area (Å²) in [5.41, 5.74) is 1.69. The summed E-state index contributed by atoms with van der Waals surface area (Å²) in [7, 11) is 1.55. The molecule has 6 nitrogen and oxygen atoms in total. The molecular formula is C18H15BrN4O2. The van der Waals surface area contributed by atoms with E-state index >= 15 is 0 Å². The van der Waals surface area contributed by atoms with Crippen LogP contribution in [0.3, 0.4) is 0 Å². The van der Waals surface area contributed by atoms with Crippen LogP contribution in [0.2, 0.25) is 0 Å². The molecule has 1 amide bonds. The van der Waals surface area contributed by atoms with Crippen LogP contribution >= 0.6 is 15.9 Å². The van der Waals surface area contributed by atoms with E-state index in [0.29, 0.717) is 17.3 Å². The van der Waals surface area contributed by atoms with Crippen LogP contribution in [0.15, 0.2) is 65.4 Å². The smallest absolute Gasteiger partial charge is 0.274 e. The van der Waals surface area contributed by atoms with Gasteiger partial charge in [0.1, 0.15) is 23.6 Å². The number of methoxy groups -OCH3 is 1. The van der Waals surface area contributed by atoms with Crippen LogP contribution in [-0.4, -0.2) is 23.0 Å². The highest BCUT2D eigenvalue weighted by atomic mass is 79.9. The number of hydrogen-bond acceptors (Lipinski definition) is 5. The number of aromatic nitrogens is 2. The Kier molecular flexibility index (Phi) is 5.25. The Balaban J connectivity index is 1.76. The molecule has 3 aromatic rings. The summed E-state index contributed by atoms with van der Waals surface area (Å²) in [6, 6.07) is 16.4. The first kappa shape index (κ1) is 16.9. The third kappa shape index (κ3) is 4.33. The van der Waals surface area contributed by atoms with E-state index in [1.807, 2.05) is 36.4 Å². The molecule has 0 saturated heterocycles. The highest BCUT2D eigenvalue weighted by molar-refractivity contribution is 9.10. The Morgan fingerprint density at radius 1 is 1.08 bits per heavy atom. The van der Waals surface area contributed by atoms with Crippen LogP contribution in [-0.2, 0) is 0 Å². The minimum Gasteiger partial charge on any atom is -0.495 e. The molecule has 0 radical (unpaired) electrons. The Labute approximate surface area is 153 Å². The summed E-state index contributed by atoms with van der Waals surface area (Å²) < 4.78 is 6.21. The lowest BCUT2D eigenvalue weighted by Crippen LogP contribution is -2.15. The predicted octanol–water partition coefficient (Wildman–Crippen LogP) is 4.24. The average Bonchev–Trinajstić information content (AvgIpc) is 2.64. The molecule has 1 aromatic heterocycles. The number of rotatable bonds is 5. The number of carbonyl (C=O) groups excluding carboxylic acids is 1. The quantitative estimate of drug-likeness (QED) is 0.671. The van der Waals surface area contributed by atoms with Crippen molar-refractivity contribution in [1.29, 1.82) is 0 Å². The highest BCUT2D eigenvalue weighted by Gasteiger charge is 2.12. The van der Waals surface area contributed by atoms with E-state index in [1.54, 1.807) is 25.3 Å². The maximum atomic E-state index is 12.4. The van der Waals surface area contributed by atoms with E-state index in [1.165, 1.54) is 6.33 Å². The van der Waals surface area contributed by atoms with Gasteiger partial charge in [-0.2, -0.15) is 0 Å². The lowest BCUT2D eigenvalue weighted by atomic mass is 10.2. The zero-order valence-electron chi connectivity index (χ0n) is 13.4. The second kappa shape index (κ2) is 7.76. The number of anilines is 3. The molecule has 0 bridgehead atoms. The fourth-order valence-corrected chi connectivity index (χ4v) is 2.43. The summed E-state index contributed by atoms with van der Waals surface area (Å²) >= 11 is 3.39. The molecule has 0 aliphatic carbocycles. The molecule has 0 aliphatic heterocycles. The van der Waals surface area contributed by atoms with Gasteiger partial charge in [0.15, 0.2) is 0 Å². The van der Waals surface area contributed by atoms with E-state index in [2.05, 4.69) is 36.5 Å². The molecule has 25 heavy (non-hydrogen) atoms. The van der Waals surface area contributed by atoms with Crippen LogP contribution < -0.4 is 15.4 Å². The SMILES string of the molecule is COc1ccccc1NC(=O)c1cc(Nc2ccc(Br)cc2)ncn1. The monoisotopic (exact) mass is 398 g/mol. The molecule has 1 heterocycles. The highest BCUT2D eigenvalue weighted by Crippen LogP contribution is 2.24. The third-order valence-electron chi connectivity index (χ3n) is 3.37. The van der Waals surface area contributed by atoms with Gasteiger partial charge in [-0.25, -0.2) is 9.97 Å². The number of benzene rings is 2. The van der Waals surface area contributed by atoms with Gasteiger partial charge in [0.2, 0.25) is 0 Å². The third-order valence-corrected chi connectivity index (χ3v) is 3.90. The van der Waals surface area contributed by atoms with Gasteiger partial charge < -0.3 is 15.4 Å². The molecule has 0 aliphatic rings. The molecule has 0 fully saturated rings. The van der Waals surface area contributed by atoms with Crippen molar-refractivity contribution in [2.45, 2.75) is 0 Å². The number of carbonyl (C=O) groups is 1. The van der Waals surface area contributed by atoms with Crippen molar-refractivity contribution in [2.24, 2.45) is 0 Å². The van der Waals surface area contributed by atoms with Crippen LogP contribution in [0.4, 0.5) is 17.2 Å². The van der Waals surface area contributed by atoms with E-state index in [9.17, 15) is 4.79 Å². The van der Waals surface area contributed by atoms with Crippen molar-refractivity contribution < 1.29 is 9.53 Å². The van der Waals surface area contributed by atoms with Gasteiger partial charge in [0.25, 0.3) is 5.91 Å². The number of amides is 1. The first-order valence-electron chi connectivity index (χ1n) is 7.45. The van der Waals surface area contributed by atoms with Crippen molar-refractivity contribution in [3.63, 3.8) is 0 Å². The summed E-state index contributed by atoms with van der Waals surface area (Å²) in [5.74, 6) is 0.770. The van der Waals surface area contributed by atoms with Crippen molar-refractivity contribution in [2.75, 3.05) is 17.7 Å². The first-order valence-corrected chi connectivity index (χ1v) is 8.24. The minimum absolute atomic E-state index is 0.250. The van der Waals surface area contributed by atoms with Gasteiger partial charge in [0, 0.05) is 16.2 Å². The van der Waals surface area contributed by atoms with E-state index in [-0.39, 0.29) is 11.6 Å². The van der Waals surface area contributed by atoms with Crippen molar-refractivity contribution >= 4 is 39.0 Å². The van der Waals surface area contributed by atoms with Crippen LogP contribution in [0, 0.1) is 0 Å². The largest absolute Gasteiger partial charge is 0.495 e. The average molecular weight is 399 g/mol. The zero-order valence-corrected chi connectivity index (χ0v) is 14.9. The lowest BCUT2D eigenvalue weighted by Gasteiger charge is -2.10. The molecule has 2 aromatic carbocycles. The summed E-state index contributed by atoms with van der Waals surface area (Å²) in [4.78, 5) is 20.6. The van der Waals surface area contributed by atoms with Crippen molar-refractivity contribution in [1.82, 2.24) is 9.97 Å². The molecule has 0 atom stereocenters. The van der Waals surface area contributed by atoms with Gasteiger partial charge in [-0.15, -0.1) is 0 Å². The van der Waals surface area contributed by atoms with Gasteiger partial charge in [-0.05, 0) is 36.4 Å². The molecule has 3 rings (SSSR count).